The van der Waals surface area contributed by atoms with Crippen LogP contribution >= 0.6 is 0 Å². The van der Waals surface area contributed by atoms with Crippen LogP contribution in [0, 0.1) is 0 Å². The first-order valence-electron chi connectivity index (χ1n) is 11.3. The Morgan fingerprint density at radius 2 is 1.66 bits per heavy atom. The topological polar surface area (TPSA) is 127 Å². The minimum atomic E-state index is -1.19. The number of rotatable bonds is 7. The van der Waals surface area contributed by atoms with Crippen molar-refractivity contribution in [2.45, 2.75) is 31.0 Å². The summed E-state index contributed by atoms with van der Waals surface area (Å²) in [4.78, 5) is 36.1. The largest absolute Gasteiger partial charge is 0.475 e. The SMILES string of the molecule is O=C(NC1CCOC1C(=O)NCc1ccc(C(=O)O)o1)OCC1c2ccccc2-c2ccccc21. The smallest absolute Gasteiger partial charge is 0.407 e. The van der Waals surface area contributed by atoms with Gasteiger partial charge in [-0.25, -0.2) is 9.59 Å². The third-order valence-electron chi connectivity index (χ3n) is 6.31. The lowest BCUT2D eigenvalue weighted by Gasteiger charge is -2.20. The van der Waals surface area contributed by atoms with Crippen LogP contribution in [-0.2, 0) is 20.8 Å². The zero-order chi connectivity index (χ0) is 24.4. The van der Waals surface area contributed by atoms with Crippen molar-refractivity contribution in [2.75, 3.05) is 13.2 Å². The Morgan fingerprint density at radius 1 is 0.971 bits per heavy atom. The molecule has 2 heterocycles. The van der Waals surface area contributed by atoms with E-state index in [1.165, 1.54) is 12.1 Å². The van der Waals surface area contributed by atoms with Gasteiger partial charge in [0, 0.05) is 12.5 Å². The van der Waals surface area contributed by atoms with Gasteiger partial charge in [0.2, 0.25) is 5.76 Å². The molecule has 3 aromatic rings. The van der Waals surface area contributed by atoms with Crippen LogP contribution in [0.3, 0.4) is 0 Å². The number of carboxylic acid groups (broad SMARTS) is 1. The van der Waals surface area contributed by atoms with Gasteiger partial charge in [0.05, 0.1) is 12.6 Å². The highest BCUT2D eigenvalue weighted by atomic mass is 16.6. The molecule has 0 saturated carbocycles. The number of hydrogen-bond acceptors (Lipinski definition) is 6. The lowest BCUT2D eigenvalue weighted by atomic mass is 9.98. The zero-order valence-electron chi connectivity index (χ0n) is 18.7. The Kier molecular flexibility index (Phi) is 6.24. The molecule has 180 valence electrons. The number of amides is 2. The molecule has 1 fully saturated rings. The number of carbonyl (C=O) groups excluding carboxylic acids is 2. The molecule has 0 radical (unpaired) electrons. The van der Waals surface area contributed by atoms with E-state index in [1.807, 2.05) is 36.4 Å². The minimum absolute atomic E-state index is 0.00361. The van der Waals surface area contributed by atoms with Gasteiger partial charge in [-0.05, 0) is 40.8 Å². The lowest BCUT2D eigenvalue weighted by Crippen LogP contribution is -2.48. The molecule has 1 aliphatic heterocycles. The third-order valence-corrected chi connectivity index (χ3v) is 6.31. The van der Waals surface area contributed by atoms with E-state index in [-0.39, 0.29) is 24.8 Å². The summed E-state index contributed by atoms with van der Waals surface area (Å²) in [5.74, 6) is -1.58. The second-order valence-electron chi connectivity index (χ2n) is 8.45. The molecule has 0 spiro atoms. The van der Waals surface area contributed by atoms with Crippen LogP contribution < -0.4 is 10.6 Å². The molecule has 9 nitrogen and oxygen atoms in total. The summed E-state index contributed by atoms with van der Waals surface area (Å²) < 4.78 is 16.2. The number of fused-ring (bicyclic) bond motifs is 3. The first kappa shape index (κ1) is 22.7. The van der Waals surface area contributed by atoms with Crippen molar-refractivity contribution >= 4 is 18.0 Å². The summed E-state index contributed by atoms with van der Waals surface area (Å²) >= 11 is 0. The standard InChI is InChI=1S/C26H24N2O7/c29-24(27-13-15-9-10-22(35-15)25(30)31)23-21(11-12-33-23)28-26(32)34-14-20-18-7-3-1-5-16(18)17-6-2-4-8-19(17)20/h1-10,20-21,23H,11-14H2,(H,27,29)(H,28,32)(H,30,31). The van der Waals surface area contributed by atoms with Crippen molar-refractivity contribution in [3.63, 3.8) is 0 Å². The molecule has 1 aromatic heterocycles. The molecular formula is C26H24N2O7. The molecule has 2 aromatic carbocycles. The summed E-state index contributed by atoms with van der Waals surface area (Å²) in [6.45, 7) is 0.495. The highest BCUT2D eigenvalue weighted by Crippen LogP contribution is 2.44. The summed E-state index contributed by atoms with van der Waals surface area (Å²) in [6, 6.07) is 18.4. The van der Waals surface area contributed by atoms with Crippen molar-refractivity contribution in [2.24, 2.45) is 0 Å². The first-order chi connectivity index (χ1) is 17.0. The number of carboxylic acids is 1. The Labute approximate surface area is 201 Å². The molecule has 2 unspecified atom stereocenters. The number of furan rings is 1. The van der Waals surface area contributed by atoms with E-state index in [9.17, 15) is 14.4 Å². The monoisotopic (exact) mass is 476 g/mol. The van der Waals surface area contributed by atoms with Gasteiger partial charge in [0.25, 0.3) is 5.91 Å². The van der Waals surface area contributed by atoms with Gasteiger partial charge in [-0.3, -0.25) is 4.79 Å². The van der Waals surface area contributed by atoms with Gasteiger partial charge in [0.15, 0.2) is 6.10 Å². The quantitative estimate of drug-likeness (QED) is 0.478. The van der Waals surface area contributed by atoms with Crippen LogP contribution in [0.15, 0.2) is 65.1 Å². The maximum Gasteiger partial charge on any atom is 0.407 e. The Bertz CT molecular complexity index is 1220. The fourth-order valence-corrected chi connectivity index (χ4v) is 4.65. The van der Waals surface area contributed by atoms with Crippen LogP contribution in [0.4, 0.5) is 4.79 Å². The highest BCUT2D eigenvalue weighted by Gasteiger charge is 2.36. The van der Waals surface area contributed by atoms with Crippen molar-refractivity contribution in [3.8, 4) is 11.1 Å². The van der Waals surface area contributed by atoms with Crippen LogP contribution in [0.5, 0.6) is 0 Å². The first-order valence-corrected chi connectivity index (χ1v) is 11.3. The molecule has 1 aliphatic carbocycles. The predicted octanol–water partition coefficient (Wildman–Crippen LogP) is 3.29. The van der Waals surface area contributed by atoms with E-state index < -0.39 is 30.1 Å². The van der Waals surface area contributed by atoms with Crippen LogP contribution in [0.25, 0.3) is 11.1 Å². The maximum absolute atomic E-state index is 12.6. The second kappa shape index (κ2) is 9.63. The number of ether oxygens (including phenoxy) is 2. The van der Waals surface area contributed by atoms with E-state index in [0.29, 0.717) is 18.8 Å². The second-order valence-corrected chi connectivity index (χ2v) is 8.45. The number of alkyl carbamates (subject to hydrolysis) is 1. The number of benzene rings is 2. The lowest BCUT2D eigenvalue weighted by molar-refractivity contribution is -0.131. The van der Waals surface area contributed by atoms with Gasteiger partial charge >= 0.3 is 12.1 Å². The van der Waals surface area contributed by atoms with E-state index >= 15 is 0 Å². The summed E-state index contributed by atoms with van der Waals surface area (Å²) in [7, 11) is 0. The average Bonchev–Trinajstić information content (AvgIpc) is 3.59. The van der Waals surface area contributed by atoms with E-state index in [4.69, 9.17) is 19.0 Å². The van der Waals surface area contributed by atoms with Crippen LogP contribution in [0.2, 0.25) is 0 Å². The fraction of sp³-hybridized carbons (Fsp3) is 0.269. The van der Waals surface area contributed by atoms with E-state index in [2.05, 4.69) is 22.8 Å². The number of aromatic carboxylic acids is 1. The molecule has 1 saturated heterocycles. The number of nitrogens with one attached hydrogen (secondary N) is 2. The van der Waals surface area contributed by atoms with Crippen molar-refractivity contribution in [1.29, 1.82) is 0 Å². The molecule has 5 rings (SSSR count). The molecule has 2 aliphatic rings. The van der Waals surface area contributed by atoms with E-state index in [1.54, 1.807) is 0 Å². The molecule has 9 heteroatoms. The summed E-state index contributed by atoms with van der Waals surface area (Å²) in [5, 5.41) is 14.3. The molecule has 2 amide bonds. The summed E-state index contributed by atoms with van der Waals surface area (Å²) in [6.07, 6.45) is -1.03. The molecule has 3 N–H and O–H groups in total. The average molecular weight is 476 g/mol. The van der Waals surface area contributed by atoms with Crippen molar-refractivity contribution in [1.82, 2.24) is 10.6 Å². The highest BCUT2D eigenvalue weighted by molar-refractivity contribution is 5.84. The Hall–Kier alpha value is -4.11. The normalized spacial score (nSPS) is 18.5. The number of carbonyl (C=O) groups is 3. The van der Waals surface area contributed by atoms with Crippen molar-refractivity contribution < 1.29 is 33.4 Å². The molecule has 35 heavy (non-hydrogen) atoms. The van der Waals surface area contributed by atoms with Gasteiger partial charge in [-0.1, -0.05) is 48.5 Å². The third kappa shape index (κ3) is 4.63. The maximum atomic E-state index is 12.6. The van der Waals surface area contributed by atoms with E-state index in [0.717, 1.165) is 22.3 Å². The Balaban J connectivity index is 1.16. The van der Waals surface area contributed by atoms with Gasteiger partial charge in [0.1, 0.15) is 12.4 Å². The number of hydrogen-bond donors (Lipinski definition) is 3. The molecule has 2 atom stereocenters. The minimum Gasteiger partial charge on any atom is -0.475 e. The summed E-state index contributed by atoms with van der Waals surface area (Å²) in [5.41, 5.74) is 4.52. The predicted molar refractivity (Wildman–Crippen MR) is 124 cm³/mol. The van der Waals surface area contributed by atoms with Gasteiger partial charge in [-0.2, -0.15) is 0 Å². The zero-order valence-corrected chi connectivity index (χ0v) is 18.7. The Morgan fingerprint density at radius 3 is 2.31 bits per heavy atom. The molecular weight excluding hydrogens is 452 g/mol. The van der Waals surface area contributed by atoms with Gasteiger partial charge < -0.3 is 29.6 Å². The van der Waals surface area contributed by atoms with Gasteiger partial charge in [-0.15, -0.1) is 0 Å². The van der Waals surface area contributed by atoms with Crippen molar-refractivity contribution in [3.05, 3.63) is 83.3 Å². The van der Waals surface area contributed by atoms with Crippen LogP contribution in [0.1, 0.15) is 39.8 Å². The fourth-order valence-electron chi connectivity index (χ4n) is 4.65. The van der Waals surface area contributed by atoms with Crippen LogP contribution in [-0.4, -0.2) is 48.4 Å². The molecule has 0 bridgehead atoms.